The molecule has 0 bridgehead atoms. The first-order valence-electron chi connectivity index (χ1n) is 5.35. The molecule has 0 saturated carbocycles. The highest BCUT2D eigenvalue weighted by Gasteiger charge is 2.18. The second-order valence-corrected chi connectivity index (χ2v) is 3.71. The lowest BCUT2D eigenvalue weighted by Gasteiger charge is -2.14. The Morgan fingerprint density at radius 2 is 2.18 bits per heavy atom. The first-order valence-corrected chi connectivity index (χ1v) is 5.35. The van der Waals surface area contributed by atoms with Crippen LogP contribution in [0.5, 0.6) is 0 Å². The zero-order valence-corrected chi connectivity index (χ0v) is 9.40. The molecule has 5 heteroatoms. The average molecular weight is 237 g/mol. The lowest BCUT2D eigenvalue weighted by Crippen LogP contribution is -2.18. The number of rotatable bonds is 3. The number of nitrogens with two attached hydrogens (primary N) is 1. The van der Waals surface area contributed by atoms with Gasteiger partial charge in [0.2, 0.25) is 0 Å². The van der Waals surface area contributed by atoms with Crippen LogP contribution < -0.4 is 5.73 Å². The van der Waals surface area contributed by atoms with Gasteiger partial charge < -0.3 is 10.3 Å². The molecule has 0 fully saturated rings. The van der Waals surface area contributed by atoms with Gasteiger partial charge in [0.25, 0.3) is 0 Å². The Labute approximate surface area is 97.9 Å². The maximum atomic E-state index is 13.6. The monoisotopic (exact) mass is 237 g/mol. The standard InChI is InChI=1S/C12H13F2N3/c1-2-17-6-5-16-12(17)11(15)9-4-3-8(13)7-10(9)14/h3-7,11H,2,15H2,1H3. The summed E-state index contributed by atoms with van der Waals surface area (Å²) in [7, 11) is 0. The smallest absolute Gasteiger partial charge is 0.131 e. The van der Waals surface area contributed by atoms with Gasteiger partial charge in [-0.3, -0.25) is 0 Å². The van der Waals surface area contributed by atoms with E-state index in [1.807, 2.05) is 11.5 Å². The van der Waals surface area contributed by atoms with Gasteiger partial charge >= 0.3 is 0 Å². The summed E-state index contributed by atoms with van der Waals surface area (Å²) in [6, 6.07) is 2.68. The topological polar surface area (TPSA) is 43.8 Å². The van der Waals surface area contributed by atoms with Gasteiger partial charge in [-0.1, -0.05) is 6.07 Å². The molecule has 17 heavy (non-hydrogen) atoms. The Balaban J connectivity index is 2.40. The summed E-state index contributed by atoms with van der Waals surface area (Å²) >= 11 is 0. The maximum absolute atomic E-state index is 13.6. The Kier molecular flexibility index (Phi) is 3.19. The van der Waals surface area contributed by atoms with Crippen LogP contribution in [0.1, 0.15) is 24.4 Å². The van der Waals surface area contributed by atoms with Gasteiger partial charge in [0.15, 0.2) is 0 Å². The van der Waals surface area contributed by atoms with Crippen molar-refractivity contribution in [2.24, 2.45) is 5.73 Å². The summed E-state index contributed by atoms with van der Waals surface area (Å²) in [6.45, 7) is 2.64. The van der Waals surface area contributed by atoms with Crippen LogP contribution >= 0.6 is 0 Å². The highest BCUT2D eigenvalue weighted by molar-refractivity contribution is 5.27. The van der Waals surface area contributed by atoms with Crippen LogP contribution in [0.4, 0.5) is 8.78 Å². The number of halogens is 2. The number of nitrogens with zero attached hydrogens (tertiary/aromatic N) is 2. The van der Waals surface area contributed by atoms with E-state index in [0.29, 0.717) is 12.4 Å². The van der Waals surface area contributed by atoms with Gasteiger partial charge in [-0.2, -0.15) is 0 Å². The van der Waals surface area contributed by atoms with Gasteiger partial charge in [-0.05, 0) is 13.0 Å². The fraction of sp³-hybridized carbons (Fsp3) is 0.250. The third kappa shape index (κ3) is 2.19. The molecule has 0 aliphatic rings. The number of hydrogen-bond acceptors (Lipinski definition) is 2. The van der Waals surface area contributed by atoms with E-state index in [9.17, 15) is 8.78 Å². The highest BCUT2D eigenvalue weighted by Crippen LogP contribution is 2.21. The number of hydrogen-bond donors (Lipinski definition) is 1. The van der Waals surface area contributed by atoms with E-state index < -0.39 is 17.7 Å². The van der Waals surface area contributed by atoms with Crippen LogP contribution in [0.2, 0.25) is 0 Å². The molecule has 0 saturated heterocycles. The lowest BCUT2D eigenvalue weighted by molar-refractivity contribution is 0.556. The van der Waals surface area contributed by atoms with Crippen molar-refractivity contribution in [3.05, 3.63) is 53.6 Å². The van der Waals surface area contributed by atoms with Gasteiger partial charge in [-0.15, -0.1) is 0 Å². The summed E-state index contributed by atoms with van der Waals surface area (Å²) < 4.78 is 28.2. The molecular weight excluding hydrogens is 224 g/mol. The van der Waals surface area contributed by atoms with Crippen molar-refractivity contribution in [3.8, 4) is 0 Å². The van der Waals surface area contributed by atoms with Gasteiger partial charge in [-0.25, -0.2) is 13.8 Å². The normalized spacial score (nSPS) is 12.7. The van der Waals surface area contributed by atoms with Gasteiger partial charge in [0, 0.05) is 30.6 Å². The molecule has 0 aliphatic carbocycles. The molecule has 90 valence electrons. The third-order valence-electron chi connectivity index (χ3n) is 2.66. The number of aryl methyl sites for hydroxylation is 1. The van der Waals surface area contributed by atoms with Gasteiger partial charge in [0.1, 0.15) is 17.5 Å². The highest BCUT2D eigenvalue weighted by atomic mass is 19.1. The Morgan fingerprint density at radius 3 is 2.82 bits per heavy atom. The summed E-state index contributed by atoms with van der Waals surface area (Å²) in [6.07, 6.45) is 3.39. The lowest BCUT2D eigenvalue weighted by atomic mass is 10.1. The number of aromatic nitrogens is 2. The largest absolute Gasteiger partial charge is 0.334 e. The van der Waals surface area contributed by atoms with E-state index in [0.717, 1.165) is 6.07 Å². The van der Waals surface area contributed by atoms with Crippen LogP contribution in [-0.2, 0) is 6.54 Å². The Morgan fingerprint density at radius 1 is 1.41 bits per heavy atom. The molecule has 3 nitrogen and oxygen atoms in total. The predicted molar refractivity (Wildman–Crippen MR) is 60.3 cm³/mol. The Hall–Kier alpha value is -1.75. The second kappa shape index (κ2) is 4.63. The molecule has 0 spiro atoms. The van der Waals surface area contributed by atoms with Gasteiger partial charge in [0.05, 0.1) is 6.04 Å². The number of benzene rings is 1. The van der Waals surface area contributed by atoms with E-state index >= 15 is 0 Å². The molecule has 2 rings (SSSR count). The molecule has 1 aromatic carbocycles. The fourth-order valence-corrected chi connectivity index (χ4v) is 1.76. The SMILES string of the molecule is CCn1ccnc1C(N)c1ccc(F)cc1F. The van der Waals surface area contributed by atoms with Crippen molar-refractivity contribution in [1.82, 2.24) is 9.55 Å². The third-order valence-corrected chi connectivity index (χ3v) is 2.66. The molecule has 1 unspecified atom stereocenters. The van der Waals surface area contributed by atoms with E-state index in [1.54, 1.807) is 12.4 Å². The van der Waals surface area contributed by atoms with Crippen LogP contribution in [-0.4, -0.2) is 9.55 Å². The predicted octanol–water partition coefficient (Wildman–Crippen LogP) is 2.23. The minimum Gasteiger partial charge on any atom is -0.334 e. The summed E-state index contributed by atoms with van der Waals surface area (Å²) in [5.41, 5.74) is 6.19. The van der Waals surface area contributed by atoms with Crippen LogP contribution in [0, 0.1) is 11.6 Å². The zero-order valence-electron chi connectivity index (χ0n) is 9.40. The van der Waals surface area contributed by atoms with E-state index in [2.05, 4.69) is 4.98 Å². The molecule has 1 aromatic heterocycles. The minimum atomic E-state index is -0.689. The first kappa shape index (κ1) is 11.7. The van der Waals surface area contributed by atoms with Crippen LogP contribution in [0.3, 0.4) is 0 Å². The van der Waals surface area contributed by atoms with Crippen LogP contribution in [0.15, 0.2) is 30.6 Å². The average Bonchev–Trinajstić information content (AvgIpc) is 2.76. The molecule has 1 atom stereocenters. The zero-order chi connectivity index (χ0) is 12.4. The first-order chi connectivity index (χ1) is 8.13. The van der Waals surface area contributed by atoms with Crippen molar-refractivity contribution < 1.29 is 8.78 Å². The minimum absolute atomic E-state index is 0.243. The van der Waals surface area contributed by atoms with E-state index in [1.165, 1.54) is 12.1 Å². The molecule has 2 aromatic rings. The molecule has 0 amide bonds. The summed E-state index contributed by atoms with van der Waals surface area (Å²) in [5.74, 6) is -0.696. The quantitative estimate of drug-likeness (QED) is 0.889. The van der Waals surface area contributed by atoms with E-state index in [-0.39, 0.29) is 5.56 Å². The van der Waals surface area contributed by atoms with Crippen molar-refractivity contribution >= 4 is 0 Å². The second-order valence-electron chi connectivity index (χ2n) is 3.71. The van der Waals surface area contributed by atoms with Crippen molar-refractivity contribution in [2.75, 3.05) is 0 Å². The van der Waals surface area contributed by atoms with Crippen molar-refractivity contribution in [1.29, 1.82) is 0 Å². The summed E-state index contributed by atoms with van der Waals surface area (Å²) in [4.78, 5) is 4.10. The van der Waals surface area contributed by atoms with Crippen LogP contribution in [0.25, 0.3) is 0 Å². The Bertz CT molecular complexity index is 522. The number of imidazole rings is 1. The van der Waals surface area contributed by atoms with E-state index in [4.69, 9.17) is 5.73 Å². The fourth-order valence-electron chi connectivity index (χ4n) is 1.76. The molecule has 0 aliphatic heterocycles. The van der Waals surface area contributed by atoms with Crippen molar-refractivity contribution in [3.63, 3.8) is 0 Å². The molecule has 0 radical (unpaired) electrons. The summed E-state index contributed by atoms with van der Waals surface area (Å²) in [5, 5.41) is 0. The van der Waals surface area contributed by atoms with Crippen molar-refractivity contribution in [2.45, 2.75) is 19.5 Å². The molecule has 2 N–H and O–H groups in total. The molecule has 1 heterocycles. The molecular formula is C12H13F2N3. The maximum Gasteiger partial charge on any atom is 0.131 e.